The number of para-hydroxylation sites is 2. The summed E-state index contributed by atoms with van der Waals surface area (Å²) in [7, 11) is 0. The molecule has 0 saturated heterocycles. The lowest BCUT2D eigenvalue weighted by Gasteiger charge is -2.28. The van der Waals surface area contributed by atoms with Crippen molar-refractivity contribution in [2.75, 3.05) is 10.2 Å². The van der Waals surface area contributed by atoms with Crippen LogP contribution in [-0.2, 0) is 0 Å². The van der Waals surface area contributed by atoms with Crippen molar-refractivity contribution in [2.24, 2.45) is 0 Å². The van der Waals surface area contributed by atoms with E-state index in [0.29, 0.717) is 20.9 Å². The van der Waals surface area contributed by atoms with Gasteiger partial charge in [-0.1, -0.05) is 24.3 Å². The second-order valence-corrected chi connectivity index (χ2v) is 9.13. The van der Waals surface area contributed by atoms with Gasteiger partial charge in [-0.05, 0) is 71.2 Å². The molecule has 174 valence electrons. The maximum Gasteiger partial charge on any atom is 0.294 e. The number of phenols is 1. The van der Waals surface area contributed by atoms with Crippen LogP contribution in [0.3, 0.4) is 0 Å². The number of nitrogens with one attached hydrogen (secondary N) is 1. The summed E-state index contributed by atoms with van der Waals surface area (Å²) in [5.41, 5.74) is 2.74. The fraction of sp³-hybridized carbons (Fsp3) is 0.0769. The van der Waals surface area contributed by atoms with Crippen molar-refractivity contribution in [3.63, 3.8) is 0 Å². The average Bonchev–Trinajstić information content (AvgIpc) is 2.82. The van der Waals surface area contributed by atoms with Gasteiger partial charge in [0.05, 0.1) is 21.9 Å². The van der Waals surface area contributed by atoms with Gasteiger partial charge in [-0.2, -0.15) is 0 Å². The molecule has 4 aromatic rings. The second kappa shape index (κ2) is 8.21. The maximum absolute atomic E-state index is 13.5. The van der Waals surface area contributed by atoms with Crippen LogP contribution in [0.2, 0.25) is 0 Å². The number of amides is 2. The summed E-state index contributed by atoms with van der Waals surface area (Å²) in [6, 6.07) is 15.7. The first kappa shape index (κ1) is 22.5. The van der Waals surface area contributed by atoms with Gasteiger partial charge >= 0.3 is 0 Å². The molecule has 1 aliphatic rings. The Morgan fingerprint density at radius 3 is 2.34 bits per heavy atom. The number of nitro groups is 1. The van der Waals surface area contributed by atoms with Crippen LogP contribution < -0.4 is 10.2 Å². The highest BCUT2D eigenvalue weighted by Crippen LogP contribution is 2.44. The van der Waals surface area contributed by atoms with Crippen LogP contribution in [0.5, 0.6) is 5.75 Å². The number of carbonyl (C=O) groups is 2. The Bertz CT molecular complexity index is 1600. The van der Waals surface area contributed by atoms with Crippen LogP contribution in [0.15, 0.2) is 65.1 Å². The Morgan fingerprint density at radius 2 is 1.63 bits per heavy atom. The van der Waals surface area contributed by atoms with E-state index >= 15 is 0 Å². The highest BCUT2D eigenvalue weighted by molar-refractivity contribution is 9.10. The number of hydrogen-bond donors (Lipinski definition) is 2. The monoisotopic (exact) mass is 531 g/mol. The van der Waals surface area contributed by atoms with Crippen LogP contribution >= 0.6 is 15.9 Å². The molecule has 5 rings (SSSR count). The highest BCUT2D eigenvalue weighted by atomic mass is 79.9. The van der Waals surface area contributed by atoms with Gasteiger partial charge in [-0.15, -0.1) is 0 Å². The number of carbonyl (C=O) groups excluding carboxylic acids is 2. The predicted molar refractivity (Wildman–Crippen MR) is 137 cm³/mol. The Morgan fingerprint density at radius 1 is 0.943 bits per heavy atom. The number of nitrogens with zero attached hydrogens (tertiary/aromatic N) is 2. The standard InChI is InChI=1S/C26H18BrN3O5/c1-13-10-18(27)19(11-14(13)2)28-24-15-6-5-7-16-23(15)17(12-21(24)30(34)35)26(33)29(25(16)32)20-8-3-4-9-22(20)31/h3-12,28,31H,1-2H3. The maximum atomic E-state index is 13.5. The van der Waals surface area contributed by atoms with Crippen molar-refractivity contribution in [2.45, 2.75) is 13.8 Å². The SMILES string of the molecule is Cc1cc(Br)c(Nc2c([N+](=O)[O-])cc3c4c(cccc24)C(=O)N(c2ccccc2O)C3=O)cc1C. The molecule has 0 radical (unpaired) electrons. The summed E-state index contributed by atoms with van der Waals surface area (Å²) < 4.78 is 0.716. The van der Waals surface area contributed by atoms with Crippen LogP contribution in [0.1, 0.15) is 31.8 Å². The fourth-order valence-corrected chi connectivity index (χ4v) is 4.87. The Kier molecular flexibility index (Phi) is 5.29. The first-order chi connectivity index (χ1) is 16.7. The number of imide groups is 1. The van der Waals surface area contributed by atoms with Crippen LogP contribution in [0.4, 0.5) is 22.7 Å². The van der Waals surface area contributed by atoms with Gasteiger partial charge in [0.15, 0.2) is 0 Å². The number of aryl methyl sites for hydroxylation is 2. The molecular formula is C26H18BrN3O5. The van der Waals surface area contributed by atoms with Crippen molar-refractivity contribution in [1.82, 2.24) is 0 Å². The molecule has 0 fully saturated rings. The largest absolute Gasteiger partial charge is 0.506 e. The van der Waals surface area contributed by atoms with Crippen molar-refractivity contribution in [3.05, 3.63) is 97.5 Å². The van der Waals surface area contributed by atoms with Gasteiger partial charge < -0.3 is 10.4 Å². The Balaban J connectivity index is 1.77. The zero-order chi connectivity index (χ0) is 25.0. The van der Waals surface area contributed by atoms with E-state index in [0.717, 1.165) is 16.0 Å². The summed E-state index contributed by atoms with van der Waals surface area (Å²) in [4.78, 5) is 39.3. The lowest BCUT2D eigenvalue weighted by Crippen LogP contribution is -2.40. The minimum Gasteiger partial charge on any atom is -0.506 e. The lowest BCUT2D eigenvalue weighted by atomic mass is 9.91. The van der Waals surface area contributed by atoms with Gasteiger partial charge in [0, 0.05) is 26.9 Å². The minimum atomic E-state index is -0.748. The van der Waals surface area contributed by atoms with E-state index in [-0.39, 0.29) is 33.9 Å². The third-order valence-corrected chi connectivity index (χ3v) is 6.83. The molecule has 8 nitrogen and oxygen atoms in total. The van der Waals surface area contributed by atoms with Crippen LogP contribution in [0.25, 0.3) is 10.8 Å². The van der Waals surface area contributed by atoms with E-state index in [2.05, 4.69) is 21.2 Å². The average molecular weight is 532 g/mol. The molecule has 0 aromatic heterocycles. The number of phenolic OH excluding ortho intramolecular Hbond substituents is 1. The van der Waals surface area contributed by atoms with Gasteiger partial charge in [0.2, 0.25) is 0 Å². The third kappa shape index (κ3) is 3.52. The van der Waals surface area contributed by atoms with Gasteiger partial charge in [-0.3, -0.25) is 19.7 Å². The van der Waals surface area contributed by atoms with Crippen LogP contribution in [0, 0.1) is 24.0 Å². The molecule has 0 saturated carbocycles. The first-order valence-electron chi connectivity index (χ1n) is 10.6. The molecule has 0 atom stereocenters. The Labute approximate surface area is 208 Å². The molecule has 9 heteroatoms. The molecule has 0 bridgehead atoms. The zero-order valence-corrected chi connectivity index (χ0v) is 20.2. The number of aromatic hydroxyl groups is 1. The van der Waals surface area contributed by atoms with E-state index in [9.17, 15) is 24.8 Å². The van der Waals surface area contributed by atoms with Gasteiger partial charge in [0.25, 0.3) is 17.5 Å². The van der Waals surface area contributed by atoms with Crippen molar-refractivity contribution in [3.8, 4) is 5.75 Å². The highest BCUT2D eigenvalue weighted by Gasteiger charge is 2.38. The van der Waals surface area contributed by atoms with E-state index in [1.54, 1.807) is 30.3 Å². The number of anilines is 3. The number of rotatable bonds is 4. The molecular weight excluding hydrogens is 514 g/mol. The smallest absolute Gasteiger partial charge is 0.294 e. The predicted octanol–water partition coefficient (Wildman–Crippen LogP) is 6.38. The van der Waals surface area contributed by atoms with E-state index in [1.165, 1.54) is 18.2 Å². The van der Waals surface area contributed by atoms with Gasteiger partial charge in [-0.25, -0.2) is 4.90 Å². The van der Waals surface area contributed by atoms with Crippen molar-refractivity contribution < 1.29 is 19.6 Å². The lowest BCUT2D eigenvalue weighted by molar-refractivity contribution is -0.383. The topological polar surface area (TPSA) is 113 Å². The normalized spacial score (nSPS) is 12.8. The quantitative estimate of drug-likeness (QED) is 0.179. The minimum absolute atomic E-state index is 0.00840. The van der Waals surface area contributed by atoms with E-state index in [1.807, 2.05) is 26.0 Å². The van der Waals surface area contributed by atoms with E-state index in [4.69, 9.17) is 0 Å². The Hall–Kier alpha value is -4.24. The third-order valence-electron chi connectivity index (χ3n) is 6.17. The molecule has 2 N–H and O–H groups in total. The molecule has 1 heterocycles. The molecule has 2 amide bonds. The molecule has 0 aliphatic carbocycles. The molecule has 0 unspecified atom stereocenters. The summed E-state index contributed by atoms with van der Waals surface area (Å²) in [5.74, 6) is -1.62. The summed E-state index contributed by atoms with van der Waals surface area (Å²) in [6.45, 7) is 3.90. The van der Waals surface area contributed by atoms with Crippen molar-refractivity contribution >= 4 is 61.3 Å². The zero-order valence-electron chi connectivity index (χ0n) is 18.6. The summed E-state index contributed by atoms with van der Waals surface area (Å²) >= 11 is 3.51. The van der Waals surface area contributed by atoms with Gasteiger partial charge in [0.1, 0.15) is 11.4 Å². The molecule has 1 aliphatic heterocycles. The van der Waals surface area contributed by atoms with E-state index < -0.39 is 16.7 Å². The summed E-state index contributed by atoms with van der Waals surface area (Å²) in [5, 5.41) is 26.3. The molecule has 4 aromatic carbocycles. The fourth-order valence-electron chi connectivity index (χ4n) is 4.31. The second-order valence-electron chi connectivity index (χ2n) is 8.28. The number of halogens is 1. The van der Waals surface area contributed by atoms with Crippen molar-refractivity contribution in [1.29, 1.82) is 0 Å². The van der Waals surface area contributed by atoms with Crippen LogP contribution in [-0.4, -0.2) is 21.8 Å². The molecule has 35 heavy (non-hydrogen) atoms. The number of nitro benzene ring substituents is 1. The number of benzene rings is 4. The summed E-state index contributed by atoms with van der Waals surface area (Å²) in [6.07, 6.45) is 0. The first-order valence-corrected chi connectivity index (χ1v) is 11.4. The molecule has 0 spiro atoms. The number of hydrogen-bond acceptors (Lipinski definition) is 6.